The Bertz CT molecular complexity index is 2850. The number of aldehydes is 1. The lowest BCUT2D eigenvalue weighted by Crippen LogP contribution is -2.43. The quantitative estimate of drug-likeness (QED) is 0.0780. The molecule has 0 aromatic carbocycles. The van der Waals surface area contributed by atoms with Gasteiger partial charge in [-0.2, -0.15) is 23.7 Å². The maximum Gasteiger partial charge on any atom is 0.446 e. The summed E-state index contributed by atoms with van der Waals surface area (Å²) in [6.45, 7) is 17.3. The van der Waals surface area contributed by atoms with E-state index in [-0.39, 0.29) is 11.4 Å². The second-order valence-electron chi connectivity index (χ2n) is 19.4. The molecule has 0 amide bonds. The van der Waals surface area contributed by atoms with Crippen molar-refractivity contribution in [2.75, 3.05) is 51.8 Å². The molecule has 0 radical (unpaired) electrons. The van der Waals surface area contributed by atoms with E-state index in [9.17, 15) is 28.8 Å². The summed E-state index contributed by atoms with van der Waals surface area (Å²) in [4.78, 5) is 28.9. The number of halogens is 4. The van der Waals surface area contributed by atoms with E-state index in [1.165, 1.54) is 12.8 Å². The van der Waals surface area contributed by atoms with Gasteiger partial charge in [0.15, 0.2) is 11.4 Å². The van der Waals surface area contributed by atoms with Crippen LogP contribution in [0.5, 0.6) is 11.8 Å². The number of ether oxygens (including phenoxy) is 2. The number of fused-ring (bicyclic) bond motifs is 2. The van der Waals surface area contributed by atoms with Crippen LogP contribution in [0.15, 0.2) is 36.7 Å². The topological polar surface area (TPSA) is 252 Å². The van der Waals surface area contributed by atoms with Gasteiger partial charge in [0.25, 0.3) is 0 Å². The molecule has 8 rings (SSSR count). The van der Waals surface area contributed by atoms with Crippen molar-refractivity contribution in [2.24, 2.45) is 25.9 Å². The highest BCUT2D eigenvalue weighted by Crippen LogP contribution is 2.29. The first-order valence-electron chi connectivity index (χ1n) is 23.9. The third-order valence-corrected chi connectivity index (χ3v) is 12.5. The third kappa shape index (κ3) is 17.6. The molecule has 0 saturated carbocycles. The Morgan fingerprint density at radius 3 is 1.52 bits per heavy atom. The molecule has 0 aliphatic carbocycles. The van der Waals surface area contributed by atoms with Gasteiger partial charge in [-0.15, -0.1) is 21.8 Å². The van der Waals surface area contributed by atoms with E-state index >= 15 is 0 Å². The molecule has 2 aliphatic rings. The number of aliphatic hydroxyl groups is 2. The summed E-state index contributed by atoms with van der Waals surface area (Å²) in [5.41, 5.74) is 6.57. The van der Waals surface area contributed by atoms with Gasteiger partial charge < -0.3 is 29.9 Å². The average molecular weight is 1030 g/mol. The molecule has 2 aliphatic heterocycles. The molecule has 73 heavy (non-hydrogen) atoms. The summed E-state index contributed by atoms with van der Waals surface area (Å²) in [6, 6.07) is 11.9. The second kappa shape index (κ2) is 26.0. The lowest BCUT2D eigenvalue weighted by Gasteiger charge is -2.35. The number of piperidine rings is 2. The highest BCUT2D eigenvalue weighted by Gasteiger charge is 2.26. The van der Waals surface area contributed by atoms with Crippen molar-refractivity contribution in [2.45, 2.75) is 97.4 Å². The van der Waals surface area contributed by atoms with Gasteiger partial charge in [0.2, 0.25) is 18.0 Å². The Morgan fingerprint density at radius 1 is 0.753 bits per heavy atom. The minimum atomic E-state index is -4.64. The number of nitrogens with one attached hydrogen (secondary N) is 1. The van der Waals surface area contributed by atoms with Gasteiger partial charge >= 0.3 is 6.18 Å². The molecular weight excluding hydrogens is 969 g/mol. The summed E-state index contributed by atoms with van der Waals surface area (Å²) >= 11 is 5.23. The summed E-state index contributed by atoms with van der Waals surface area (Å²) < 4.78 is 46.4. The van der Waals surface area contributed by atoms with Crippen molar-refractivity contribution in [1.29, 1.82) is 10.5 Å². The largest absolute Gasteiger partial charge is 0.477 e. The van der Waals surface area contributed by atoms with Crippen LogP contribution in [0.25, 0.3) is 44.6 Å². The Kier molecular flexibility index (Phi) is 20.5. The third-order valence-electron chi connectivity index (χ3n) is 11.8. The van der Waals surface area contributed by atoms with E-state index in [0.717, 1.165) is 97.6 Å². The Balaban J connectivity index is 0.000000223. The SMILES string of the molecule is CC(C)(O)CCl.Cc1cc(-c2cc3c(nnn3C)c(C#N)n2)cnc1OCCC1CCN(CC(C)(C)O)CC1.Cc1cc(-c2cc3c(nnn3C)c(C#N)n2)cnc1OCCC1CCNCC1.O=CC(F)(F)F. The van der Waals surface area contributed by atoms with E-state index < -0.39 is 23.7 Å². The summed E-state index contributed by atoms with van der Waals surface area (Å²) in [7, 11) is 3.58. The number of β-amino-alcohol motifs (C(OH)–C–C–N with tert-alkyl or cyclic N) is 1. The molecule has 0 spiro atoms. The smallest absolute Gasteiger partial charge is 0.446 e. The molecule has 0 atom stereocenters. The zero-order chi connectivity index (χ0) is 53.5. The van der Waals surface area contributed by atoms with Gasteiger partial charge in [-0.05, 0) is 142 Å². The average Bonchev–Trinajstić information content (AvgIpc) is 3.93. The van der Waals surface area contributed by atoms with E-state index in [1.807, 2.05) is 52.0 Å². The number of likely N-dealkylation sites (tertiary alicyclic amines) is 1. The van der Waals surface area contributed by atoms with E-state index in [4.69, 9.17) is 31.0 Å². The normalized spacial score (nSPS) is 14.7. The van der Waals surface area contributed by atoms with Crippen molar-refractivity contribution >= 4 is 40.0 Å². The monoisotopic (exact) mass is 1030 g/mol. The number of aromatic nitrogens is 10. The van der Waals surface area contributed by atoms with Gasteiger partial charge in [0.05, 0.1) is 52.7 Å². The number of hydrogen-bond donors (Lipinski definition) is 3. The van der Waals surface area contributed by atoms with Crippen molar-refractivity contribution < 1.29 is 37.7 Å². The van der Waals surface area contributed by atoms with Crippen LogP contribution in [-0.2, 0) is 18.9 Å². The number of nitrogens with zero attached hydrogens (tertiary/aromatic N) is 13. The molecule has 2 fully saturated rings. The standard InChI is InChI=1S/C24H31N7O2.C20H23N7O.C4H9ClO.C2HF3O/c1-16-11-18(19-12-21-22(20(13-25)27-19)28-29-30(21)4)14-26-23(16)33-10-7-17-5-8-31(9-6-17)15-24(2,3)32;1-13-9-15(12-23-20(13)28-8-5-14-3-6-22-7-4-14)16-10-18-19(17(11-21)24-16)25-26-27(18)2;1-4(2,6)3-5;3-2(4,5)1-6/h11-12,14,17,32H,5-10,15H2,1-4H3;9-10,12,14,22H,3-8H2,1-2H3;6H,3H2,1-2H3;1H. The van der Waals surface area contributed by atoms with Gasteiger partial charge in [0.1, 0.15) is 23.2 Å². The molecule has 23 heteroatoms. The molecule has 2 saturated heterocycles. The Hall–Kier alpha value is -6.43. The van der Waals surface area contributed by atoms with Crippen LogP contribution in [0, 0.1) is 48.3 Å². The van der Waals surface area contributed by atoms with Crippen molar-refractivity contribution in [3.63, 3.8) is 0 Å². The van der Waals surface area contributed by atoms with E-state index in [0.29, 0.717) is 59.2 Å². The minimum absolute atomic E-state index is 0.252. The molecule has 0 bridgehead atoms. The Morgan fingerprint density at radius 2 is 1.16 bits per heavy atom. The van der Waals surface area contributed by atoms with Crippen LogP contribution >= 0.6 is 11.6 Å². The van der Waals surface area contributed by atoms with Gasteiger partial charge in [-0.1, -0.05) is 10.4 Å². The lowest BCUT2D eigenvalue weighted by atomic mass is 9.93. The van der Waals surface area contributed by atoms with E-state index in [1.54, 1.807) is 49.7 Å². The van der Waals surface area contributed by atoms with Gasteiger partial charge in [-0.25, -0.2) is 29.3 Å². The lowest BCUT2D eigenvalue weighted by molar-refractivity contribution is -0.156. The second-order valence-corrected chi connectivity index (χ2v) is 19.7. The number of pyridine rings is 4. The molecular formula is C50H64ClF3N14O5. The molecule has 392 valence electrons. The van der Waals surface area contributed by atoms with Gasteiger partial charge in [-0.3, -0.25) is 4.79 Å². The molecule has 19 nitrogen and oxygen atoms in total. The maximum atomic E-state index is 10.4. The van der Waals surface area contributed by atoms with Gasteiger partial charge in [0, 0.05) is 55.3 Å². The first-order chi connectivity index (χ1) is 34.5. The van der Waals surface area contributed by atoms with Crippen LogP contribution < -0.4 is 14.8 Å². The molecule has 6 aromatic rings. The summed E-state index contributed by atoms with van der Waals surface area (Å²) in [5, 5.41) is 56.9. The first-order valence-corrected chi connectivity index (χ1v) is 24.4. The highest BCUT2D eigenvalue weighted by molar-refractivity contribution is 6.18. The number of alkyl halides is 4. The maximum absolute atomic E-state index is 10.4. The number of nitriles is 2. The fourth-order valence-corrected chi connectivity index (χ4v) is 8.01. The fourth-order valence-electron chi connectivity index (χ4n) is 8.01. The summed E-state index contributed by atoms with van der Waals surface area (Å²) in [6.07, 6.45) is 4.51. The van der Waals surface area contributed by atoms with Crippen LogP contribution in [0.3, 0.4) is 0 Å². The zero-order valence-electron chi connectivity index (χ0n) is 42.5. The molecule has 0 unspecified atom stereocenters. The Labute approximate surface area is 427 Å². The number of carbonyl (C=O) groups excluding carboxylic acids is 1. The molecule has 3 N–H and O–H groups in total. The minimum Gasteiger partial charge on any atom is -0.477 e. The van der Waals surface area contributed by atoms with Crippen LogP contribution in [0.1, 0.15) is 88.7 Å². The molecule has 6 aromatic heterocycles. The number of hydrogen-bond acceptors (Lipinski definition) is 17. The zero-order valence-corrected chi connectivity index (χ0v) is 43.3. The van der Waals surface area contributed by atoms with Crippen molar-refractivity contribution in [3.05, 3.63) is 59.2 Å². The highest BCUT2D eigenvalue weighted by atomic mass is 35.5. The van der Waals surface area contributed by atoms with Crippen LogP contribution in [0.4, 0.5) is 13.2 Å². The predicted octanol–water partition coefficient (Wildman–Crippen LogP) is 6.97. The van der Waals surface area contributed by atoms with Crippen molar-refractivity contribution in [1.82, 2.24) is 60.1 Å². The number of aryl methyl sites for hydroxylation is 4. The predicted molar refractivity (Wildman–Crippen MR) is 268 cm³/mol. The van der Waals surface area contributed by atoms with E-state index in [2.05, 4.69) is 62.9 Å². The molecule has 8 heterocycles. The van der Waals surface area contributed by atoms with Crippen LogP contribution in [0.2, 0.25) is 0 Å². The van der Waals surface area contributed by atoms with Crippen LogP contribution in [-0.4, -0.2) is 141 Å². The number of rotatable bonds is 13. The first kappa shape index (κ1) is 57.5. The fraction of sp³-hybridized carbons (Fsp3) is 0.540. The number of carbonyl (C=O) groups is 1. The van der Waals surface area contributed by atoms with Crippen molar-refractivity contribution in [3.8, 4) is 46.4 Å². The summed E-state index contributed by atoms with van der Waals surface area (Å²) in [5.74, 6) is 2.94.